The van der Waals surface area contributed by atoms with Crippen LogP contribution in [0.1, 0.15) is 18.1 Å². The van der Waals surface area contributed by atoms with E-state index in [4.69, 9.17) is 0 Å². The molecule has 0 radical (unpaired) electrons. The third-order valence-electron chi connectivity index (χ3n) is 3.64. The molecule has 17 heavy (non-hydrogen) atoms. The van der Waals surface area contributed by atoms with Gasteiger partial charge in [-0.3, -0.25) is 4.79 Å². The van der Waals surface area contributed by atoms with Crippen molar-refractivity contribution in [2.45, 2.75) is 19.9 Å². The van der Waals surface area contributed by atoms with Crippen molar-refractivity contribution in [1.29, 1.82) is 0 Å². The normalized spacial score (nSPS) is 15.1. The van der Waals surface area contributed by atoms with Gasteiger partial charge in [0.05, 0.1) is 0 Å². The van der Waals surface area contributed by atoms with Gasteiger partial charge in [0, 0.05) is 44.2 Å². The van der Waals surface area contributed by atoms with Crippen molar-refractivity contribution in [3.63, 3.8) is 0 Å². The number of aryl methyl sites for hydroxylation is 1. The Hall–Kier alpha value is -1.77. The van der Waals surface area contributed by atoms with Crippen molar-refractivity contribution < 1.29 is 4.79 Å². The van der Waals surface area contributed by atoms with Crippen LogP contribution < -0.4 is 0 Å². The van der Waals surface area contributed by atoms with E-state index < -0.39 is 0 Å². The predicted octanol–water partition coefficient (Wildman–Crippen LogP) is 2.08. The summed E-state index contributed by atoms with van der Waals surface area (Å²) in [5.74, 6) is 0.163. The predicted molar refractivity (Wildman–Crippen MR) is 67.7 cm³/mol. The fourth-order valence-corrected chi connectivity index (χ4v) is 2.75. The molecule has 3 rings (SSSR count). The molecule has 2 heterocycles. The lowest BCUT2D eigenvalue weighted by atomic mass is 10.1. The Balaban J connectivity index is 2.20. The van der Waals surface area contributed by atoms with Crippen LogP contribution in [0.2, 0.25) is 0 Å². The zero-order valence-corrected chi connectivity index (χ0v) is 10.2. The Morgan fingerprint density at radius 1 is 1.29 bits per heavy atom. The molecule has 1 amide bonds. The van der Waals surface area contributed by atoms with Crippen LogP contribution in [-0.2, 0) is 24.8 Å². The Labute approximate surface area is 101 Å². The topological polar surface area (TPSA) is 25.2 Å². The van der Waals surface area contributed by atoms with Crippen molar-refractivity contribution in [2.24, 2.45) is 7.05 Å². The number of carbonyl (C=O) groups excluding carboxylic acids is 1. The van der Waals surface area contributed by atoms with Gasteiger partial charge in [0.2, 0.25) is 5.91 Å². The van der Waals surface area contributed by atoms with E-state index in [0.717, 1.165) is 19.5 Å². The zero-order valence-electron chi connectivity index (χ0n) is 10.2. The fraction of sp³-hybridized carbons (Fsp3) is 0.357. The van der Waals surface area contributed by atoms with Gasteiger partial charge in [0.1, 0.15) is 0 Å². The van der Waals surface area contributed by atoms with E-state index in [2.05, 4.69) is 36.0 Å². The molecule has 0 bridgehead atoms. The van der Waals surface area contributed by atoms with Gasteiger partial charge in [0.15, 0.2) is 0 Å². The van der Waals surface area contributed by atoms with E-state index in [-0.39, 0.29) is 5.91 Å². The summed E-state index contributed by atoms with van der Waals surface area (Å²) in [5, 5.41) is 1.35. The first-order valence-electron chi connectivity index (χ1n) is 5.98. The highest BCUT2D eigenvalue weighted by molar-refractivity contribution is 5.88. The molecule has 0 N–H and O–H groups in total. The number of aromatic nitrogens is 1. The van der Waals surface area contributed by atoms with E-state index >= 15 is 0 Å². The molecule has 0 atom stereocenters. The van der Waals surface area contributed by atoms with E-state index in [1.807, 2.05) is 4.90 Å². The van der Waals surface area contributed by atoms with Gasteiger partial charge in [-0.15, -0.1) is 0 Å². The highest BCUT2D eigenvalue weighted by Crippen LogP contribution is 2.28. The third kappa shape index (κ3) is 1.54. The van der Waals surface area contributed by atoms with E-state index in [1.54, 1.807) is 6.92 Å². The summed E-state index contributed by atoms with van der Waals surface area (Å²) >= 11 is 0. The molecule has 2 aromatic rings. The first kappa shape index (κ1) is 10.4. The van der Waals surface area contributed by atoms with Gasteiger partial charge in [-0.25, -0.2) is 0 Å². The van der Waals surface area contributed by atoms with Crippen LogP contribution in [0, 0.1) is 0 Å². The van der Waals surface area contributed by atoms with Crippen LogP contribution in [0.25, 0.3) is 10.9 Å². The lowest BCUT2D eigenvalue weighted by Gasteiger charge is -2.18. The zero-order chi connectivity index (χ0) is 12.0. The summed E-state index contributed by atoms with van der Waals surface area (Å²) in [6.45, 7) is 3.21. The molecule has 0 fully saturated rings. The largest absolute Gasteiger partial charge is 0.350 e. The lowest BCUT2D eigenvalue weighted by Crippen LogP contribution is -2.29. The van der Waals surface area contributed by atoms with Crippen molar-refractivity contribution in [2.75, 3.05) is 6.54 Å². The summed E-state index contributed by atoms with van der Waals surface area (Å²) in [7, 11) is 2.08. The average molecular weight is 228 g/mol. The number of hydrogen-bond acceptors (Lipinski definition) is 1. The Kier molecular flexibility index (Phi) is 2.21. The molecular weight excluding hydrogens is 212 g/mol. The third-order valence-corrected chi connectivity index (χ3v) is 3.64. The lowest BCUT2D eigenvalue weighted by molar-refractivity contribution is -0.129. The number of carbonyl (C=O) groups is 1. The van der Waals surface area contributed by atoms with Gasteiger partial charge < -0.3 is 9.47 Å². The summed E-state index contributed by atoms with van der Waals surface area (Å²) in [5.41, 5.74) is 3.90. The SMILES string of the molecule is CC(=O)N1CCc2cn(C)c3cccc(c23)C1. The minimum Gasteiger partial charge on any atom is -0.350 e. The van der Waals surface area contributed by atoms with Crippen LogP contribution in [0.5, 0.6) is 0 Å². The molecule has 0 unspecified atom stereocenters. The van der Waals surface area contributed by atoms with E-state index in [1.165, 1.54) is 22.0 Å². The molecule has 3 heteroatoms. The van der Waals surface area contributed by atoms with Crippen molar-refractivity contribution in [3.05, 3.63) is 35.5 Å². The second-order valence-corrected chi connectivity index (χ2v) is 4.77. The summed E-state index contributed by atoms with van der Waals surface area (Å²) in [4.78, 5) is 13.5. The Morgan fingerprint density at radius 2 is 2.12 bits per heavy atom. The van der Waals surface area contributed by atoms with Gasteiger partial charge >= 0.3 is 0 Å². The van der Waals surface area contributed by atoms with E-state index in [9.17, 15) is 4.79 Å². The second-order valence-electron chi connectivity index (χ2n) is 4.77. The Morgan fingerprint density at radius 3 is 2.88 bits per heavy atom. The number of hydrogen-bond donors (Lipinski definition) is 0. The molecule has 88 valence electrons. The van der Waals surface area contributed by atoms with Crippen LogP contribution in [0.3, 0.4) is 0 Å². The molecule has 0 saturated heterocycles. The quantitative estimate of drug-likeness (QED) is 0.677. The molecule has 0 saturated carbocycles. The maximum Gasteiger partial charge on any atom is 0.219 e. The highest BCUT2D eigenvalue weighted by Gasteiger charge is 2.19. The first-order valence-corrected chi connectivity index (χ1v) is 5.98. The maximum absolute atomic E-state index is 11.5. The highest BCUT2D eigenvalue weighted by atomic mass is 16.2. The first-order chi connectivity index (χ1) is 8.16. The molecular formula is C14H16N2O. The van der Waals surface area contributed by atoms with Gasteiger partial charge in [0.25, 0.3) is 0 Å². The van der Waals surface area contributed by atoms with Crippen molar-refractivity contribution >= 4 is 16.8 Å². The molecule has 1 aromatic carbocycles. The summed E-state index contributed by atoms with van der Waals surface area (Å²) in [6, 6.07) is 6.35. The molecule has 1 aliphatic heterocycles. The standard InChI is InChI=1S/C14H16N2O/c1-10(17)16-7-6-12-8-15(2)13-5-3-4-11(9-16)14(12)13/h3-5,8H,6-7,9H2,1-2H3. The fourth-order valence-electron chi connectivity index (χ4n) is 2.75. The number of benzene rings is 1. The Bertz CT molecular complexity index is 598. The minimum absolute atomic E-state index is 0.163. The van der Waals surface area contributed by atoms with Crippen LogP contribution >= 0.6 is 0 Å². The smallest absolute Gasteiger partial charge is 0.219 e. The average Bonchev–Trinajstić information content (AvgIpc) is 2.52. The monoisotopic (exact) mass is 228 g/mol. The second kappa shape index (κ2) is 3.62. The number of rotatable bonds is 0. The van der Waals surface area contributed by atoms with Crippen LogP contribution in [-0.4, -0.2) is 21.9 Å². The van der Waals surface area contributed by atoms with Gasteiger partial charge in [-0.1, -0.05) is 12.1 Å². The van der Waals surface area contributed by atoms with Crippen LogP contribution in [0.4, 0.5) is 0 Å². The number of nitrogens with zero attached hydrogens (tertiary/aromatic N) is 2. The minimum atomic E-state index is 0.163. The molecule has 0 spiro atoms. The molecule has 1 aromatic heterocycles. The summed E-state index contributed by atoms with van der Waals surface area (Å²) < 4.78 is 2.18. The molecule has 3 nitrogen and oxygen atoms in total. The van der Waals surface area contributed by atoms with Crippen LogP contribution in [0.15, 0.2) is 24.4 Å². The van der Waals surface area contributed by atoms with Gasteiger partial charge in [-0.2, -0.15) is 0 Å². The number of amides is 1. The van der Waals surface area contributed by atoms with Crippen molar-refractivity contribution in [1.82, 2.24) is 9.47 Å². The molecule has 0 aliphatic carbocycles. The van der Waals surface area contributed by atoms with Crippen molar-refractivity contribution in [3.8, 4) is 0 Å². The summed E-state index contributed by atoms with van der Waals surface area (Å²) in [6.07, 6.45) is 3.14. The molecule has 1 aliphatic rings. The van der Waals surface area contributed by atoms with Gasteiger partial charge in [-0.05, 0) is 23.6 Å². The maximum atomic E-state index is 11.5. The van der Waals surface area contributed by atoms with E-state index in [0.29, 0.717) is 0 Å².